The first-order valence-corrected chi connectivity index (χ1v) is 6.32. The summed E-state index contributed by atoms with van der Waals surface area (Å²) in [7, 11) is 0. The van der Waals surface area contributed by atoms with Gasteiger partial charge in [0.2, 0.25) is 0 Å². The van der Waals surface area contributed by atoms with Crippen molar-refractivity contribution in [2.45, 2.75) is 45.0 Å². The van der Waals surface area contributed by atoms with Crippen LogP contribution in [0.4, 0.5) is 4.79 Å². The zero-order chi connectivity index (χ0) is 13.8. The van der Waals surface area contributed by atoms with Gasteiger partial charge in [0.15, 0.2) is 0 Å². The zero-order valence-electron chi connectivity index (χ0n) is 11.3. The lowest BCUT2D eigenvalue weighted by Crippen LogP contribution is -2.54. The maximum Gasteiger partial charge on any atom is 0.410 e. The standard InChI is InChI=1S/C8H15NO3.C4H9NO/c1-8(2,3)12-7(11)9-4-6(10)5-9;6-4-1-2-5-3-4/h6,10H,4-5H2,1-3H3;4-6H,1-3H2/t;4-/m.1/s1. The molecule has 0 unspecified atom stereocenters. The summed E-state index contributed by atoms with van der Waals surface area (Å²) in [4.78, 5) is 12.7. The average Bonchev–Trinajstić information content (AvgIpc) is 2.62. The number of carbonyl (C=O) groups excluding carboxylic acids is 1. The van der Waals surface area contributed by atoms with Crippen LogP contribution in [-0.4, -0.2) is 65.2 Å². The predicted molar refractivity (Wildman–Crippen MR) is 67.3 cm³/mol. The molecule has 2 fully saturated rings. The Balaban J connectivity index is 0.000000225. The van der Waals surface area contributed by atoms with E-state index in [1.807, 2.05) is 20.8 Å². The molecule has 2 heterocycles. The van der Waals surface area contributed by atoms with E-state index in [1.165, 1.54) is 4.90 Å². The van der Waals surface area contributed by atoms with Crippen molar-refractivity contribution >= 4 is 6.09 Å². The molecule has 2 aliphatic heterocycles. The van der Waals surface area contributed by atoms with Crippen molar-refractivity contribution in [2.75, 3.05) is 26.2 Å². The van der Waals surface area contributed by atoms with Crippen molar-refractivity contribution in [3.63, 3.8) is 0 Å². The maximum atomic E-state index is 11.2. The smallest absolute Gasteiger partial charge is 0.410 e. The van der Waals surface area contributed by atoms with Crippen molar-refractivity contribution in [1.29, 1.82) is 0 Å². The van der Waals surface area contributed by atoms with E-state index in [2.05, 4.69) is 5.32 Å². The van der Waals surface area contributed by atoms with Crippen molar-refractivity contribution in [1.82, 2.24) is 10.2 Å². The molecule has 2 aliphatic rings. The molecule has 0 aromatic heterocycles. The molecular formula is C12H24N2O4. The first-order valence-electron chi connectivity index (χ1n) is 6.32. The van der Waals surface area contributed by atoms with E-state index in [1.54, 1.807) is 0 Å². The van der Waals surface area contributed by atoms with Crippen LogP contribution in [0.15, 0.2) is 0 Å². The molecule has 2 saturated heterocycles. The fourth-order valence-corrected chi connectivity index (χ4v) is 1.57. The number of hydrogen-bond donors (Lipinski definition) is 3. The lowest BCUT2D eigenvalue weighted by molar-refractivity contribution is -0.0303. The Kier molecular flexibility index (Phi) is 5.37. The van der Waals surface area contributed by atoms with E-state index in [0.29, 0.717) is 13.1 Å². The molecule has 1 atom stereocenters. The number of rotatable bonds is 0. The van der Waals surface area contributed by atoms with Gasteiger partial charge in [-0.25, -0.2) is 4.79 Å². The number of nitrogens with zero attached hydrogens (tertiary/aromatic N) is 1. The van der Waals surface area contributed by atoms with Crippen molar-refractivity contribution in [2.24, 2.45) is 0 Å². The molecular weight excluding hydrogens is 236 g/mol. The summed E-state index contributed by atoms with van der Waals surface area (Å²) in [6, 6.07) is 0. The third-order valence-corrected chi connectivity index (χ3v) is 2.55. The summed E-state index contributed by atoms with van der Waals surface area (Å²) in [5.41, 5.74) is -0.447. The van der Waals surface area contributed by atoms with Gasteiger partial charge in [0.25, 0.3) is 0 Å². The fraction of sp³-hybridized carbons (Fsp3) is 0.917. The van der Waals surface area contributed by atoms with Gasteiger partial charge in [0, 0.05) is 6.54 Å². The molecule has 106 valence electrons. The van der Waals surface area contributed by atoms with Gasteiger partial charge in [-0.3, -0.25) is 0 Å². The zero-order valence-corrected chi connectivity index (χ0v) is 11.3. The second-order valence-corrected chi connectivity index (χ2v) is 5.69. The number of hydrogen-bond acceptors (Lipinski definition) is 5. The van der Waals surface area contributed by atoms with Gasteiger partial charge in [-0.1, -0.05) is 0 Å². The third-order valence-electron chi connectivity index (χ3n) is 2.55. The van der Waals surface area contributed by atoms with E-state index >= 15 is 0 Å². The minimum absolute atomic E-state index is 0.0648. The number of β-amino-alcohol motifs (C(OH)–C–C–N with tert-alkyl or cyclic N) is 2. The Hall–Kier alpha value is -0.850. The van der Waals surface area contributed by atoms with Gasteiger partial charge in [0.1, 0.15) is 5.60 Å². The second kappa shape index (κ2) is 6.36. The van der Waals surface area contributed by atoms with Crippen molar-refractivity contribution in [3.05, 3.63) is 0 Å². The van der Waals surface area contributed by atoms with E-state index in [-0.39, 0.29) is 18.3 Å². The Morgan fingerprint density at radius 1 is 1.28 bits per heavy atom. The Labute approximate surface area is 108 Å². The van der Waals surface area contributed by atoms with Crippen LogP contribution >= 0.6 is 0 Å². The lowest BCUT2D eigenvalue weighted by atomic mass is 10.2. The number of aliphatic hydroxyl groups excluding tert-OH is 2. The highest BCUT2D eigenvalue weighted by Crippen LogP contribution is 2.14. The predicted octanol–water partition coefficient (Wildman–Crippen LogP) is -0.0614. The van der Waals surface area contributed by atoms with E-state index < -0.39 is 5.60 Å². The van der Waals surface area contributed by atoms with Crippen LogP contribution < -0.4 is 5.32 Å². The average molecular weight is 260 g/mol. The van der Waals surface area contributed by atoms with Gasteiger partial charge in [-0.2, -0.15) is 0 Å². The van der Waals surface area contributed by atoms with Gasteiger partial charge >= 0.3 is 6.09 Å². The van der Waals surface area contributed by atoms with Gasteiger partial charge in [-0.05, 0) is 33.7 Å². The SMILES string of the molecule is CC(C)(C)OC(=O)N1CC(O)C1.O[C@@H]1CCNC1. The van der Waals surface area contributed by atoms with Gasteiger partial charge in [0.05, 0.1) is 25.3 Å². The van der Waals surface area contributed by atoms with Crippen LogP contribution in [0.3, 0.4) is 0 Å². The van der Waals surface area contributed by atoms with E-state index in [0.717, 1.165) is 19.5 Å². The number of amides is 1. The first-order chi connectivity index (χ1) is 8.28. The molecule has 6 nitrogen and oxygen atoms in total. The number of aliphatic hydroxyl groups is 2. The molecule has 0 saturated carbocycles. The summed E-state index contributed by atoms with van der Waals surface area (Å²) in [6.45, 7) is 8.04. The fourth-order valence-electron chi connectivity index (χ4n) is 1.57. The molecule has 18 heavy (non-hydrogen) atoms. The monoisotopic (exact) mass is 260 g/mol. The summed E-state index contributed by atoms with van der Waals surface area (Å²) >= 11 is 0. The molecule has 2 rings (SSSR count). The number of carbonyl (C=O) groups is 1. The molecule has 0 radical (unpaired) electrons. The minimum atomic E-state index is -0.447. The lowest BCUT2D eigenvalue weighted by Gasteiger charge is -2.36. The largest absolute Gasteiger partial charge is 0.444 e. The number of likely N-dealkylation sites (tertiary alicyclic amines) is 1. The quantitative estimate of drug-likeness (QED) is 0.568. The molecule has 0 aromatic rings. The highest BCUT2D eigenvalue weighted by molar-refractivity contribution is 5.69. The Morgan fingerprint density at radius 3 is 2.17 bits per heavy atom. The highest BCUT2D eigenvalue weighted by atomic mass is 16.6. The molecule has 0 aliphatic carbocycles. The van der Waals surface area contributed by atoms with E-state index in [9.17, 15) is 4.79 Å². The molecule has 3 N–H and O–H groups in total. The molecule has 6 heteroatoms. The van der Waals surface area contributed by atoms with Crippen molar-refractivity contribution < 1.29 is 19.7 Å². The summed E-state index contributed by atoms with van der Waals surface area (Å²) in [5.74, 6) is 0. The molecule has 0 aromatic carbocycles. The number of ether oxygens (including phenoxy) is 1. The molecule has 0 bridgehead atoms. The third kappa shape index (κ3) is 5.66. The first kappa shape index (κ1) is 15.2. The van der Waals surface area contributed by atoms with Crippen LogP contribution in [0.5, 0.6) is 0 Å². The van der Waals surface area contributed by atoms with Gasteiger partial charge in [-0.15, -0.1) is 0 Å². The molecule has 1 amide bonds. The van der Waals surface area contributed by atoms with Crippen LogP contribution in [0, 0.1) is 0 Å². The number of nitrogens with one attached hydrogen (secondary N) is 1. The Bertz CT molecular complexity index is 266. The van der Waals surface area contributed by atoms with Crippen LogP contribution in [0.2, 0.25) is 0 Å². The summed E-state index contributed by atoms with van der Waals surface area (Å²) in [5, 5.41) is 20.6. The summed E-state index contributed by atoms with van der Waals surface area (Å²) in [6.07, 6.45) is 0.162. The van der Waals surface area contributed by atoms with E-state index in [4.69, 9.17) is 14.9 Å². The van der Waals surface area contributed by atoms with Crippen LogP contribution in [-0.2, 0) is 4.74 Å². The molecule has 0 spiro atoms. The second-order valence-electron chi connectivity index (χ2n) is 5.69. The van der Waals surface area contributed by atoms with Gasteiger partial charge < -0.3 is 25.2 Å². The normalized spacial score (nSPS) is 24.1. The maximum absolute atomic E-state index is 11.2. The highest BCUT2D eigenvalue weighted by Gasteiger charge is 2.32. The van der Waals surface area contributed by atoms with Crippen LogP contribution in [0.25, 0.3) is 0 Å². The minimum Gasteiger partial charge on any atom is -0.444 e. The van der Waals surface area contributed by atoms with Crippen LogP contribution in [0.1, 0.15) is 27.2 Å². The topological polar surface area (TPSA) is 82.0 Å². The Morgan fingerprint density at radius 2 is 1.89 bits per heavy atom. The summed E-state index contributed by atoms with van der Waals surface area (Å²) < 4.78 is 5.07. The van der Waals surface area contributed by atoms with Crippen molar-refractivity contribution in [3.8, 4) is 0 Å².